The van der Waals surface area contributed by atoms with Gasteiger partial charge in [-0.3, -0.25) is 0 Å². The molecule has 3 rings (SSSR count). The Hall–Kier alpha value is -0.849. The Balaban J connectivity index is -0.000000470. The molecule has 1 aliphatic rings. The summed E-state index contributed by atoms with van der Waals surface area (Å²) in [7, 11) is 0. The van der Waals surface area contributed by atoms with Crippen LogP contribution in [0.2, 0.25) is 0 Å². The summed E-state index contributed by atoms with van der Waals surface area (Å²) in [5, 5.41) is 18.9. The fourth-order valence-electron chi connectivity index (χ4n) is 4.33. The van der Waals surface area contributed by atoms with Crippen LogP contribution in [0.3, 0.4) is 0 Å². The van der Waals surface area contributed by atoms with Crippen molar-refractivity contribution >= 4 is 27.6 Å². The molecule has 4 nitrogen and oxygen atoms in total. The van der Waals surface area contributed by atoms with Crippen molar-refractivity contribution in [2.45, 2.75) is 131 Å². The van der Waals surface area contributed by atoms with Crippen molar-refractivity contribution in [2.24, 2.45) is 5.92 Å². The van der Waals surface area contributed by atoms with Gasteiger partial charge in [0.2, 0.25) is 0 Å². The van der Waals surface area contributed by atoms with E-state index in [0.29, 0.717) is 0 Å². The smallest absolute Gasteiger partial charge is 0.668 e. The normalized spacial score (nSPS) is 14.6. The van der Waals surface area contributed by atoms with Gasteiger partial charge in [0.25, 0.3) is 0 Å². The molecule has 4 radical (unpaired) electrons. The zero-order chi connectivity index (χ0) is 26.6. The molecule has 3 N–H and O–H groups in total. The molecule has 1 aliphatic carbocycles. The fraction of sp³-hybridized carbons (Fsp3) is 0.677. The molecular formula is C31H53NO3SiTi. The molecule has 208 valence electrons. The first kappa shape index (κ1) is 40.6. The predicted octanol–water partition coefficient (Wildman–Crippen LogP) is 8.31. The minimum atomic E-state index is -0.327. The summed E-state index contributed by atoms with van der Waals surface area (Å²) in [5.41, 5.74) is 10.2. The second-order valence-electron chi connectivity index (χ2n) is 10.3. The van der Waals surface area contributed by atoms with Gasteiger partial charge in [-0.2, -0.15) is 5.56 Å². The third kappa shape index (κ3) is 21.7. The van der Waals surface area contributed by atoms with E-state index >= 15 is 0 Å². The van der Waals surface area contributed by atoms with Crippen molar-refractivity contribution in [1.29, 1.82) is 0 Å². The van der Waals surface area contributed by atoms with E-state index in [9.17, 15) is 4.79 Å². The molecule has 0 aliphatic heterocycles. The van der Waals surface area contributed by atoms with Crippen molar-refractivity contribution in [2.75, 3.05) is 0 Å². The van der Waals surface area contributed by atoms with Gasteiger partial charge in [0.1, 0.15) is 0 Å². The van der Waals surface area contributed by atoms with Gasteiger partial charge < -0.3 is 20.7 Å². The average Bonchev–Trinajstić information content (AvgIpc) is 3.08. The summed E-state index contributed by atoms with van der Waals surface area (Å²) < 4.78 is 0. The Morgan fingerprint density at radius 2 is 1.27 bits per heavy atom. The monoisotopic (exact) mass is 563 g/mol. The minimum Gasteiger partial charge on any atom is -0.668 e. The van der Waals surface area contributed by atoms with Crippen LogP contribution >= 0.6 is 0 Å². The number of aliphatic hydroxyl groups is 2. The summed E-state index contributed by atoms with van der Waals surface area (Å²) in [4.78, 5) is 11.1. The van der Waals surface area contributed by atoms with Gasteiger partial charge in [-0.05, 0) is 40.5 Å². The molecule has 1 amide bonds. The molecule has 37 heavy (non-hydrogen) atoms. The first-order valence-electron chi connectivity index (χ1n) is 13.9. The third-order valence-electron chi connectivity index (χ3n) is 5.96. The number of carbonyl (C=O) groups is 1. The van der Waals surface area contributed by atoms with Gasteiger partial charge in [-0.15, -0.1) is 40.6 Å². The molecule has 0 spiro atoms. The van der Waals surface area contributed by atoms with Gasteiger partial charge in [0, 0.05) is 29.1 Å². The van der Waals surface area contributed by atoms with Gasteiger partial charge in [-0.25, -0.2) is 0 Å². The number of hydrogen-bond acceptors (Lipinski definition) is 3. The van der Waals surface area contributed by atoms with Crippen LogP contribution in [-0.2, 0) is 32.9 Å². The Labute approximate surface area is 247 Å². The summed E-state index contributed by atoms with van der Waals surface area (Å²) in [5.74, 6) is -0.281. The number of benzene rings is 1. The molecule has 0 heterocycles. The number of amides is 1. The molecular weight excluding hydrogens is 510 g/mol. The van der Waals surface area contributed by atoms with Crippen molar-refractivity contribution < 1.29 is 36.7 Å². The van der Waals surface area contributed by atoms with E-state index in [-0.39, 0.29) is 56.7 Å². The van der Waals surface area contributed by atoms with Crippen LogP contribution in [0.1, 0.15) is 116 Å². The molecule has 0 aromatic heterocycles. The Kier molecular flexibility index (Phi) is 27.9. The van der Waals surface area contributed by atoms with Gasteiger partial charge in [0.05, 0.1) is 5.91 Å². The van der Waals surface area contributed by atoms with Crippen LogP contribution in [0, 0.1) is 12.8 Å². The van der Waals surface area contributed by atoms with Gasteiger partial charge >= 0.3 is 21.7 Å². The summed E-state index contributed by atoms with van der Waals surface area (Å²) in [6, 6.07) is 10.9. The standard InChI is InChI=1S/C13H25NO.C12H13.2C3H8O.Si.Ti/c14-13(15)12-10-8-6-4-2-1-3-5-7-9-11-12;1-3-11-9(2)8-10-6-4-5-7-12(10)11;2*1-3(2)4;;/h12H,1-11H2,(H2,14,15);4-8H,3H2,1-2H3;2*3-4H,1-2H3;;/q;-1;;;;+2/p-1. The molecule has 1 fully saturated rings. The van der Waals surface area contributed by atoms with Crippen LogP contribution in [0.5, 0.6) is 0 Å². The molecule has 6 heteroatoms. The Morgan fingerprint density at radius 1 is 0.892 bits per heavy atom. The maximum Gasteiger partial charge on any atom is 2.00 e. The number of carbonyl (C=O) groups excluding carboxylic acids is 1. The van der Waals surface area contributed by atoms with E-state index in [2.05, 4.69) is 44.2 Å². The van der Waals surface area contributed by atoms with E-state index in [1.54, 1.807) is 27.7 Å². The first-order chi connectivity index (χ1) is 16.6. The largest absolute Gasteiger partial charge is 2.00 e. The van der Waals surface area contributed by atoms with Gasteiger partial charge in [-0.1, -0.05) is 84.1 Å². The maximum absolute atomic E-state index is 11.1. The predicted molar refractivity (Wildman–Crippen MR) is 158 cm³/mol. The topological polar surface area (TPSA) is 81.3 Å². The summed E-state index contributed by atoms with van der Waals surface area (Å²) in [6.45, 7) is 11.3. The van der Waals surface area contributed by atoms with E-state index < -0.39 is 0 Å². The third-order valence-corrected chi connectivity index (χ3v) is 5.96. The van der Waals surface area contributed by atoms with E-state index in [4.69, 9.17) is 15.9 Å². The molecule has 0 bridgehead atoms. The number of aliphatic hydroxyl groups excluding tert-OH is 2. The Bertz CT molecular complexity index is 768. The first-order valence-corrected chi connectivity index (χ1v) is 13.9. The summed E-state index contributed by atoms with van der Waals surface area (Å²) >= 11 is 0. The van der Waals surface area contributed by atoms with Crippen LogP contribution in [0.25, 0.3) is 16.5 Å². The fourth-order valence-corrected chi connectivity index (χ4v) is 4.33. The minimum absolute atomic E-state index is 0. The van der Waals surface area contributed by atoms with Crippen molar-refractivity contribution in [3.05, 3.63) is 47.2 Å². The van der Waals surface area contributed by atoms with Crippen LogP contribution in [0.15, 0.2) is 30.3 Å². The number of aryl methyl sites for hydroxylation is 2. The number of nitrogens with one attached hydrogen (secondary N) is 1. The number of rotatable bonds is 2. The molecule has 0 saturated heterocycles. The second kappa shape index (κ2) is 25.4. The molecule has 2 aromatic rings. The van der Waals surface area contributed by atoms with Gasteiger partial charge in [0.15, 0.2) is 0 Å². The quantitative estimate of drug-likeness (QED) is 0.285. The second-order valence-corrected chi connectivity index (χ2v) is 10.3. The average molecular weight is 564 g/mol. The SMILES string of the molecule is CC(C)O.CC(C)O.CCc1c(C)[cH-]c2ccccc12.[NH-]C(=O)C1CCCCCCCCCCC1.[Si].[Ti+2]. The van der Waals surface area contributed by atoms with Crippen LogP contribution in [0.4, 0.5) is 0 Å². The molecule has 2 aromatic carbocycles. The number of hydrogen-bond donors (Lipinski definition) is 2. The molecule has 0 unspecified atom stereocenters. The zero-order valence-corrected chi connectivity index (χ0v) is 27.0. The van der Waals surface area contributed by atoms with Crippen LogP contribution in [-0.4, -0.2) is 39.3 Å². The maximum atomic E-state index is 11.1. The molecule has 0 atom stereocenters. The number of fused-ring (bicyclic) bond motifs is 1. The molecule has 1 saturated carbocycles. The van der Waals surface area contributed by atoms with Crippen molar-refractivity contribution in [1.82, 2.24) is 0 Å². The Morgan fingerprint density at radius 3 is 1.65 bits per heavy atom. The van der Waals surface area contributed by atoms with E-state index in [1.165, 1.54) is 66.8 Å². The zero-order valence-electron chi connectivity index (χ0n) is 24.4. The van der Waals surface area contributed by atoms with Crippen molar-refractivity contribution in [3.63, 3.8) is 0 Å². The van der Waals surface area contributed by atoms with E-state index in [1.807, 2.05) is 0 Å². The van der Waals surface area contributed by atoms with Crippen LogP contribution < -0.4 is 0 Å². The summed E-state index contributed by atoms with van der Waals surface area (Å²) in [6.07, 6.45) is 14.3. The van der Waals surface area contributed by atoms with Crippen molar-refractivity contribution in [3.8, 4) is 0 Å². The van der Waals surface area contributed by atoms with E-state index in [0.717, 1.165) is 32.1 Å².